The maximum atomic E-state index is 5.41. The molecule has 10 aromatic rings. The van der Waals surface area contributed by atoms with Crippen LogP contribution in [-0.2, 0) is 0 Å². The Bertz CT molecular complexity index is 2850. The van der Waals surface area contributed by atoms with Crippen LogP contribution in [0.15, 0.2) is 164 Å². The Morgan fingerprint density at radius 2 is 1.00 bits per heavy atom. The molecule has 0 aliphatic heterocycles. The molecule has 0 spiro atoms. The SMILES string of the molecule is c1ccc(-c2nc(-n3c4cc5ccccc5cc4c4c5ccccc5ccc43)nc3ccc(-c4ccc5ccccc5c4)cc23)cc1. The summed E-state index contributed by atoms with van der Waals surface area (Å²) in [4.78, 5) is 10.7. The van der Waals surface area contributed by atoms with Crippen LogP contribution in [0.2, 0.25) is 0 Å². The van der Waals surface area contributed by atoms with E-state index in [1.54, 1.807) is 0 Å². The summed E-state index contributed by atoms with van der Waals surface area (Å²) in [7, 11) is 0. The van der Waals surface area contributed by atoms with Gasteiger partial charge in [-0.15, -0.1) is 0 Å². The van der Waals surface area contributed by atoms with Crippen LogP contribution >= 0.6 is 0 Å². The number of hydrogen-bond donors (Lipinski definition) is 0. The monoisotopic (exact) mass is 597 g/mol. The molecule has 0 radical (unpaired) electrons. The van der Waals surface area contributed by atoms with Gasteiger partial charge in [0, 0.05) is 21.7 Å². The third-order valence-corrected chi connectivity index (χ3v) is 9.54. The quantitative estimate of drug-likeness (QED) is 0.203. The largest absolute Gasteiger partial charge is 0.278 e. The Balaban J connectivity index is 1.28. The Kier molecular flexibility index (Phi) is 5.57. The van der Waals surface area contributed by atoms with E-state index in [9.17, 15) is 0 Å². The second-order valence-electron chi connectivity index (χ2n) is 12.3. The number of aromatic nitrogens is 3. The highest BCUT2D eigenvalue weighted by atomic mass is 15.2. The van der Waals surface area contributed by atoms with Gasteiger partial charge in [0.25, 0.3) is 0 Å². The van der Waals surface area contributed by atoms with Crippen molar-refractivity contribution in [1.82, 2.24) is 14.5 Å². The second-order valence-corrected chi connectivity index (χ2v) is 12.3. The molecule has 3 heteroatoms. The number of hydrogen-bond acceptors (Lipinski definition) is 2. The van der Waals surface area contributed by atoms with E-state index in [0.717, 1.165) is 38.8 Å². The van der Waals surface area contributed by atoms with Crippen LogP contribution in [0.3, 0.4) is 0 Å². The Hall–Kier alpha value is -6.32. The number of benzene rings is 8. The maximum absolute atomic E-state index is 5.41. The van der Waals surface area contributed by atoms with Gasteiger partial charge in [-0.05, 0) is 79.8 Å². The van der Waals surface area contributed by atoms with Crippen molar-refractivity contribution in [3.8, 4) is 28.3 Å². The molecule has 0 atom stereocenters. The fourth-order valence-electron chi connectivity index (χ4n) is 7.27. The number of nitrogens with zero attached hydrogens (tertiary/aromatic N) is 3. The van der Waals surface area contributed by atoms with Gasteiger partial charge in [0.1, 0.15) is 0 Å². The molecule has 0 aliphatic rings. The van der Waals surface area contributed by atoms with E-state index in [1.807, 2.05) is 0 Å². The molecule has 2 aromatic heterocycles. The lowest BCUT2D eigenvalue weighted by Gasteiger charge is -2.13. The summed E-state index contributed by atoms with van der Waals surface area (Å²) in [5, 5.41) is 10.8. The highest BCUT2D eigenvalue weighted by Gasteiger charge is 2.20. The molecule has 47 heavy (non-hydrogen) atoms. The van der Waals surface area contributed by atoms with Gasteiger partial charge in [-0.25, -0.2) is 9.97 Å². The van der Waals surface area contributed by atoms with Crippen LogP contribution in [0.1, 0.15) is 0 Å². The molecule has 0 aliphatic carbocycles. The number of rotatable bonds is 3. The molecule has 3 nitrogen and oxygen atoms in total. The molecule has 8 aromatic carbocycles. The van der Waals surface area contributed by atoms with Crippen molar-refractivity contribution in [2.75, 3.05) is 0 Å². The zero-order chi connectivity index (χ0) is 30.9. The van der Waals surface area contributed by atoms with Crippen molar-refractivity contribution in [2.45, 2.75) is 0 Å². The van der Waals surface area contributed by atoms with Crippen molar-refractivity contribution in [3.05, 3.63) is 164 Å². The molecule has 0 bridgehead atoms. The molecule has 2 heterocycles. The average Bonchev–Trinajstić information content (AvgIpc) is 3.47. The van der Waals surface area contributed by atoms with E-state index >= 15 is 0 Å². The molecule has 0 fully saturated rings. The molecular weight excluding hydrogens is 571 g/mol. The van der Waals surface area contributed by atoms with E-state index < -0.39 is 0 Å². The summed E-state index contributed by atoms with van der Waals surface area (Å²) in [6.45, 7) is 0. The van der Waals surface area contributed by atoms with Gasteiger partial charge in [-0.3, -0.25) is 4.57 Å². The maximum Gasteiger partial charge on any atom is 0.235 e. The third kappa shape index (κ3) is 4.07. The van der Waals surface area contributed by atoms with Crippen molar-refractivity contribution < 1.29 is 0 Å². The average molecular weight is 598 g/mol. The normalized spacial score (nSPS) is 11.8. The Labute approximate surface area is 271 Å². The van der Waals surface area contributed by atoms with Crippen LogP contribution in [0.4, 0.5) is 0 Å². The van der Waals surface area contributed by atoms with Gasteiger partial charge in [-0.2, -0.15) is 0 Å². The summed E-state index contributed by atoms with van der Waals surface area (Å²) < 4.78 is 2.26. The van der Waals surface area contributed by atoms with Gasteiger partial charge in [0.15, 0.2) is 0 Å². The summed E-state index contributed by atoms with van der Waals surface area (Å²) in [5.41, 5.74) is 7.41. The first kappa shape index (κ1) is 26.0. The topological polar surface area (TPSA) is 30.7 Å². The highest BCUT2D eigenvalue weighted by molar-refractivity contribution is 6.23. The number of fused-ring (bicyclic) bond motifs is 8. The molecular formula is C44H27N3. The lowest BCUT2D eigenvalue weighted by atomic mass is 9.98. The van der Waals surface area contributed by atoms with Gasteiger partial charge in [-0.1, -0.05) is 127 Å². The van der Waals surface area contributed by atoms with E-state index in [1.165, 1.54) is 48.7 Å². The zero-order valence-electron chi connectivity index (χ0n) is 25.4. The van der Waals surface area contributed by atoms with Crippen LogP contribution in [0, 0.1) is 0 Å². The first-order valence-electron chi connectivity index (χ1n) is 16.0. The van der Waals surface area contributed by atoms with Gasteiger partial charge in [0.05, 0.1) is 22.2 Å². The molecule has 0 saturated carbocycles. The van der Waals surface area contributed by atoms with Gasteiger partial charge in [0.2, 0.25) is 5.95 Å². The van der Waals surface area contributed by atoms with Crippen LogP contribution in [-0.4, -0.2) is 14.5 Å². The molecule has 0 amide bonds. The Morgan fingerprint density at radius 3 is 1.83 bits per heavy atom. The molecule has 0 saturated heterocycles. The zero-order valence-corrected chi connectivity index (χ0v) is 25.4. The first-order chi connectivity index (χ1) is 23.3. The fraction of sp³-hybridized carbons (Fsp3) is 0. The van der Waals surface area contributed by atoms with E-state index in [4.69, 9.17) is 9.97 Å². The second kappa shape index (κ2) is 10.1. The minimum Gasteiger partial charge on any atom is -0.278 e. The smallest absolute Gasteiger partial charge is 0.235 e. The summed E-state index contributed by atoms with van der Waals surface area (Å²) in [6.07, 6.45) is 0. The van der Waals surface area contributed by atoms with Crippen molar-refractivity contribution in [1.29, 1.82) is 0 Å². The minimum atomic E-state index is 0.667. The summed E-state index contributed by atoms with van der Waals surface area (Å²) in [6, 6.07) is 58.5. The summed E-state index contributed by atoms with van der Waals surface area (Å²) >= 11 is 0. The van der Waals surface area contributed by atoms with Crippen LogP contribution < -0.4 is 0 Å². The Morgan fingerprint density at radius 1 is 0.362 bits per heavy atom. The predicted molar refractivity (Wildman–Crippen MR) is 197 cm³/mol. The molecule has 10 rings (SSSR count). The third-order valence-electron chi connectivity index (χ3n) is 9.54. The summed E-state index contributed by atoms with van der Waals surface area (Å²) in [5.74, 6) is 0.667. The van der Waals surface area contributed by atoms with Crippen molar-refractivity contribution in [3.63, 3.8) is 0 Å². The predicted octanol–water partition coefficient (Wildman–Crippen LogP) is 11.5. The lowest BCUT2D eigenvalue weighted by Crippen LogP contribution is -2.03. The fourth-order valence-corrected chi connectivity index (χ4v) is 7.27. The molecule has 218 valence electrons. The van der Waals surface area contributed by atoms with Gasteiger partial charge >= 0.3 is 0 Å². The molecule has 0 unspecified atom stereocenters. The van der Waals surface area contributed by atoms with E-state index in [-0.39, 0.29) is 0 Å². The minimum absolute atomic E-state index is 0.667. The van der Waals surface area contributed by atoms with E-state index in [0.29, 0.717) is 5.95 Å². The standard InChI is InChI=1S/C44H27N3/c1-2-12-30(13-3-1)43-37-25-35(34-19-18-28-10-4-5-14-31(28)24-34)20-22-39(37)45-44(46-43)47-40-23-21-29-11-8-9-17-36(29)42(40)38-26-32-15-6-7-16-33(32)27-41(38)47/h1-27H. The van der Waals surface area contributed by atoms with Crippen molar-refractivity contribution >= 4 is 65.0 Å². The van der Waals surface area contributed by atoms with Crippen molar-refractivity contribution in [2.24, 2.45) is 0 Å². The molecule has 0 N–H and O–H groups in total. The lowest BCUT2D eigenvalue weighted by molar-refractivity contribution is 1.01. The first-order valence-corrected chi connectivity index (χ1v) is 16.0. The highest BCUT2D eigenvalue weighted by Crippen LogP contribution is 2.39. The van der Waals surface area contributed by atoms with E-state index in [2.05, 4.69) is 168 Å². The van der Waals surface area contributed by atoms with Crippen LogP contribution in [0.5, 0.6) is 0 Å². The van der Waals surface area contributed by atoms with Crippen LogP contribution in [0.25, 0.3) is 93.4 Å². The van der Waals surface area contributed by atoms with Gasteiger partial charge < -0.3 is 0 Å².